The van der Waals surface area contributed by atoms with Gasteiger partial charge in [-0.3, -0.25) is 14.0 Å². The Morgan fingerprint density at radius 3 is 2.63 bits per heavy atom. The quantitative estimate of drug-likeness (QED) is 0.366. The molecule has 0 aliphatic heterocycles. The highest BCUT2D eigenvalue weighted by molar-refractivity contribution is 7.99. The Balaban J connectivity index is 1.80. The highest BCUT2D eigenvalue weighted by atomic mass is 32.2. The van der Waals surface area contributed by atoms with Crippen molar-refractivity contribution in [2.24, 2.45) is 0 Å². The number of rotatable bonds is 7. The van der Waals surface area contributed by atoms with Gasteiger partial charge in [0.1, 0.15) is 0 Å². The predicted molar refractivity (Wildman–Crippen MR) is 119 cm³/mol. The van der Waals surface area contributed by atoms with Crippen molar-refractivity contribution in [1.29, 1.82) is 0 Å². The fourth-order valence-corrected chi connectivity index (χ4v) is 4.05. The fourth-order valence-electron chi connectivity index (χ4n) is 3.28. The Morgan fingerprint density at radius 1 is 1.10 bits per heavy atom. The number of thioether (sulfide) groups is 1. The number of hydrogen-bond donors (Lipinski definition) is 1. The SMILES string of the molecule is CCCCNC(=O)CSc1nnc2n(-c3ccc(C)cc3)c(=O)c3ccccc3n12. The van der Waals surface area contributed by atoms with E-state index in [2.05, 4.69) is 22.4 Å². The Bertz CT molecular complexity index is 1260. The van der Waals surface area contributed by atoms with E-state index in [9.17, 15) is 9.59 Å². The molecule has 0 radical (unpaired) electrons. The molecule has 0 spiro atoms. The number of carbonyl (C=O) groups excluding carboxylic acids is 1. The molecule has 30 heavy (non-hydrogen) atoms. The zero-order chi connectivity index (χ0) is 21.1. The molecule has 8 heteroatoms. The maximum absolute atomic E-state index is 13.3. The Morgan fingerprint density at radius 2 is 1.87 bits per heavy atom. The molecule has 2 heterocycles. The zero-order valence-electron chi connectivity index (χ0n) is 17.0. The van der Waals surface area contributed by atoms with Crippen LogP contribution >= 0.6 is 11.8 Å². The molecule has 0 saturated heterocycles. The van der Waals surface area contributed by atoms with Gasteiger partial charge < -0.3 is 5.32 Å². The van der Waals surface area contributed by atoms with Crippen molar-refractivity contribution >= 4 is 34.3 Å². The summed E-state index contributed by atoms with van der Waals surface area (Å²) in [5.74, 6) is 0.625. The van der Waals surface area contributed by atoms with E-state index >= 15 is 0 Å². The summed E-state index contributed by atoms with van der Waals surface area (Å²) in [7, 11) is 0. The molecule has 0 unspecified atom stereocenters. The van der Waals surface area contributed by atoms with E-state index in [0.717, 1.165) is 29.6 Å². The normalized spacial score (nSPS) is 11.3. The number of unbranched alkanes of at least 4 members (excludes halogenated alkanes) is 1. The molecule has 0 aliphatic carbocycles. The fraction of sp³-hybridized carbons (Fsp3) is 0.273. The maximum atomic E-state index is 13.3. The number of aryl methyl sites for hydroxylation is 1. The summed E-state index contributed by atoms with van der Waals surface area (Å²) >= 11 is 1.31. The van der Waals surface area contributed by atoms with Gasteiger partial charge in [-0.1, -0.05) is 54.9 Å². The summed E-state index contributed by atoms with van der Waals surface area (Å²) in [6, 6.07) is 15.1. The molecule has 0 saturated carbocycles. The second kappa shape index (κ2) is 8.71. The van der Waals surface area contributed by atoms with Crippen LogP contribution in [-0.4, -0.2) is 37.4 Å². The van der Waals surface area contributed by atoms with Crippen molar-refractivity contribution in [3.05, 3.63) is 64.4 Å². The molecular weight excluding hydrogens is 398 g/mol. The van der Waals surface area contributed by atoms with Gasteiger partial charge >= 0.3 is 0 Å². The largest absolute Gasteiger partial charge is 0.355 e. The van der Waals surface area contributed by atoms with Gasteiger partial charge in [0.15, 0.2) is 5.16 Å². The van der Waals surface area contributed by atoms with E-state index in [1.165, 1.54) is 11.8 Å². The van der Waals surface area contributed by atoms with E-state index < -0.39 is 0 Å². The molecule has 154 valence electrons. The molecule has 0 aliphatic rings. The minimum absolute atomic E-state index is 0.0404. The van der Waals surface area contributed by atoms with Gasteiger partial charge in [0, 0.05) is 6.54 Å². The third kappa shape index (κ3) is 3.82. The van der Waals surface area contributed by atoms with Gasteiger partial charge in [-0.25, -0.2) is 4.57 Å². The summed E-state index contributed by atoms with van der Waals surface area (Å²) in [5, 5.41) is 12.7. The van der Waals surface area contributed by atoms with Crippen LogP contribution in [0, 0.1) is 6.92 Å². The van der Waals surface area contributed by atoms with E-state index in [4.69, 9.17) is 0 Å². The van der Waals surface area contributed by atoms with E-state index in [1.807, 2.05) is 53.8 Å². The van der Waals surface area contributed by atoms with Gasteiger partial charge in [-0.15, -0.1) is 10.2 Å². The average molecular weight is 422 g/mol. The van der Waals surface area contributed by atoms with Gasteiger partial charge in [0.05, 0.1) is 22.3 Å². The van der Waals surface area contributed by atoms with Crippen LogP contribution in [0.1, 0.15) is 25.3 Å². The van der Waals surface area contributed by atoms with E-state index in [1.54, 1.807) is 10.6 Å². The Kier molecular flexibility index (Phi) is 5.85. The average Bonchev–Trinajstić information content (AvgIpc) is 3.18. The van der Waals surface area contributed by atoms with Gasteiger partial charge in [-0.05, 0) is 37.6 Å². The lowest BCUT2D eigenvalue weighted by Gasteiger charge is -2.11. The summed E-state index contributed by atoms with van der Waals surface area (Å²) in [4.78, 5) is 25.4. The number of benzene rings is 2. The molecule has 1 amide bonds. The second-order valence-corrected chi connectivity index (χ2v) is 8.05. The molecule has 2 aromatic heterocycles. The van der Waals surface area contributed by atoms with Crippen LogP contribution in [0.25, 0.3) is 22.4 Å². The number of nitrogens with one attached hydrogen (secondary N) is 1. The highest BCUT2D eigenvalue weighted by Gasteiger charge is 2.18. The Labute approximate surface area is 178 Å². The third-order valence-corrected chi connectivity index (χ3v) is 5.80. The van der Waals surface area contributed by atoms with Gasteiger partial charge in [0.25, 0.3) is 5.56 Å². The molecule has 2 aromatic carbocycles. The van der Waals surface area contributed by atoms with Gasteiger partial charge in [-0.2, -0.15) is 0 Å². The number of amides is 1. The molecular formula is C22H23N5O2S. The molecule has 4 aromatic rings. The lowest BCUT2D eigenvalue weighted by atomic mass is 10.2. The lowest BCUT2D eigenvalue weighted by molar-refractivity contribution is -0.118. The van der Waals surface area contributed by atoms with Crippen molar-refractivity contribution in [1.82, 2.24) is 24.5 Å². The van der Waals surface area contributed by atoms with Crippen molar-refractivity contribution in [3.63, 3.8) is 0 Å². The predicted octanol–water partition coefficient (Wildman–Crippen LogP) is 3.35. The Hall–Kier alpha value is -3.13. The van der Waals surface area contributed by atoms with E-state index in [0.29, 0.717) is 22.9 Å². The summed E-state index contributed by atoms with van der Waals surface area (Å²) in [5.41, 5.74) is 2.40. The first-order chi connectivity index (χ1) is 14.6. The maximum Gasteiger partial charge on any atom is 0.267 e. The number of fused-ring (bicyclic) bond motifs is 3. The second-order valence-electron chi connectivity index (χ2n) is 7.10. The van der Waals surface area contributed by atoms with Crippen LogP contribution in [0.4, 0.5) is 0 Å². The summed E-state index contributed by atoms with van der Waals surface area (Å²) in [6.45, 7) is 4.76. The zero-order valence-corrected chi connectivity index (χ0v) is 17.8. The molecule has 1 N–H and O–H groups in total. The highest BCUT2D eigenvalue weighted by Crippen LogP contribution is 2.23. The van der Waals surface area contributed by atoms with Crippen LogP contribution in [0.3, 0.4) is 0 Å². The van der Waals surface area contributed by atoms with Crippen LogP contribution in [0.2, 0.25) is 0 Å². The van der Waals surface area contributed by atoms with Crippen molar-refractivity contribution in [2.75, 3.05) is 12.3 Å². The van der Waals surface area contributed by atoms with E-state index in [-0.39, 0.29) is 17.2 Å². The molecule has 0 fully saturated rings. The molecule has 0 bridgehead atoms. The standard InChI is InChI=1S/C22H23N5O2S/c1-3-4-13-23-19(28)14-30-22-25-24-21-26(16-11-9-15(2)10-12-16)20(29)17-7-5-6-8-18(17)27(21)22/h5-12H,3-4,13-14H2,1-2H3,(H,23,28). The number of aromatic nitrogens is 4. The molecule has 7 nitrogen and oxygen atoms in total. The number of carbonyl (C=O) groups is 1. The first-order valence-electron chi connectivity index (χ1n) is 9.95. The van der Waals surface area contributed by atoms with Crippen LogP contribution < -0.4 is 10.9 Å². The number of para-hydroxylation sites is 1. The first-order valence-corrected chi connectivity index (χ1v) is 10.9. The minimum atomic E-state index is -0.150. The first kappa shape index (κ1) is 20.2. The van der Waals surface area contributed by atoms with Crippen molar-refractivity contribution in [3.8, 4) is 5.69 Å². The minimum Gasteiger partial charge on any atom is -0.355 e. The lowest BCUT2D eigenvalue weighted by Crippen LogP contribution is -2.26. The topological polar surface area (TPSA) is 81.3 Å². The number of hydrogen-bond acceptors (Lipinski definition) is 5. The monoisotopic (exact) mass is 421 g/mol. The molecule has 4 rings (SSSR count). The van der Waals surface area contributed by atoms with Crippen LogP contribution in [0.5, 0.6) is 0 Å². The van der Waals surface area contributed by atoms with Gasteiger partial charge in [0.2, 0.25) is 11.7 Å². The summed E-state index contributed by atoms with van der Waals surface area (Å²) < 4.78 is 3.42. The smallest absolute Gasteiger partial charge is 0.267 e. The molecule has 0 atom stereocenters. The van der Waals surface area contributed by atoms with Crippen LogP contribution in [-0.2, 0) is 4.79 Å². The number of nitrogens with zero attached hydrogens (tertiary/aromatic N) is 4. The van der Waals surface area contributed by atoms with Crippen molar-refractivity contribution < 1.29 is 4.79 Å². The van der Waals surface area contributed by atoms with Crippen molar-refractivity contribution in [2.45, 2.75) is 31.8 Å². The van der Waals surface area contributed by atoms with Crippen LogP contribution in [0.15, 0.2) is 58.5 Å². The summed E-state index contributed by atoms with van der Waals surface area (Å²) in [6.07, 6.45) is 1.99. The third-order valence-electron chi connectivity index (χ3n) is 4.87.